The number of fused-ring (bicyclic) bond motifs is 1. The van der Waals surface area contributed by atoms with Crippen LogP contribution in [0.25, 0.3) is 0 Å². The molecule has 1 heterocycles. The molecule has 2 fully saturated rings. The molecule has 3 aliphatic rings. The van der Waals surface area contributed by atoms with Crippen LogP contribution < -0.4 is 9.64 Å². The van der Waals surface area contributed by atoms with Crippen LogP contribution in [0.1, 0.15) is 32.8 Å². The number of amides is 1. The predicted molar refractivity (Wildman–Crippen MR) is 117 cm³/mol. The molecule has 0 radical (unpaired) electrons. The number of hydrogen-bond donors (Lipinski definition) is 0. The predicted octanol–water partition coefficient (Wildman–Crippen LogP) is 4.99. The van der Waals surface area contributed by atoms with Crippen LogP contribution in [-0.4, -0.2) is 25.2 Å². The van der Waals surface area contributed by atoms with Crippen molar-refractivity contribution >= 4 is 11.6 Å². The highest BCUT2D eigenvalue weighted by atomic mass is 16.5. The van der Waals surface area contributed by atoms with Gasteiger partial charge in [0.05, 0.1) is 19.8 Å². The van der Waals surface area contributed by atoms with Gasteiger partial charge in [-0.05, 0) is 66.0 Å². The smallest absolute Gasteiger partial charge is 0.259 e. The van der Waals surface area contributed by atoms with E-state index >= 15 is 0 Å². The second kappa shape index (κ2) is 6.98. The first kappa shape index (κ1) is 19.4. The van der Waals surface area contributed by atoms with E-state index in [0.29, 0.717) is 23.9 Å². The maximum atomic E-state index is 13.2. The lowest BCUT2D eigenvalue weighted by Gasteiger charge is -2.48. The van der Waals surface area contributed by atoms with Crippen molar-refractivity contribution in [2.45, 2.75) is 45.9 Å². The number of methoxy groups -OCH3 is 1. The van der Waals surface area contributed by atoms with Crippen LogP contribution in [0.5, 0.6) is 5.75 Å². The van der Waals surface area contributed by atoms with Gasteiger partial charge >= 0.3 is 0 Å². The first-order valence-corrected chi connectivity index (χ1v) is 10.8. The molecule has 0 unspecified atom stereocenters. The number of anilines is 1. The molecule has 0 N–H and O–H groups in total. The highest BCUT2D eigenvalue weighted by Gasteiger charge is 2.67. The Kier molecular flexibility index (Phi) is 4.51. The van der Waals surface area contributed by atoms with Crippen LogP contribution in [0.3, 0.4) is 0 Å². The molecule has 30 heavy (non-hydrogen) atoms. The number of rotatable bonds is 6. The maximum Gasteiger partial charge on any atom is 0.259 e. The minimum Gasteiger partial charge on any atom is -0.497 e. The van der Waals surface area contributed by atoms with Crippen molar-refractivity contribution in [3.63, 3.8) is 0 Å². The summed E-state index contributed by atoms with van der Waals surface area (Å²) in [7, 11) is 1.65. The van der Waals surface area contributed by atoms with Gasteiger partial charge in [0.1, 0.15) is 5.75 Å². The van der Waals surface area contributed by atoms with Crippen LogP contribution >= 0.6 is 0 Å². The molecule has 0 bridgehead atoms. The van der Waals surface area contributed by atoms with Gasteiger partial charge in [0.25, 0.3) is 5.91 Å². The van der Waals surface area contributed by atoms with Gasteiger partial charge in [-0.25, -0.2) is 0 Å². The van der Waals surface area contributed by atoms with Crippen LogP contribution in [-0.2, 0) is 16.1 Å². The Hall–Kier alpha value is -2.59. The Morgan fingerprint density at radius 2 is 1.77 bits per heavy atom. The zero-order chi connectivity index (χ0) is 21.0. The van der Waals surface area contributed by atoms with Crippen LogP contribution in [0.15, 0.2) is 65.7 Å². The van der Waals surface area contributed by atoms with Gasteiger partial charge in [-0.15, -0.1) is 0 Å². The van der Waals surface area contributed by atoms with Crippen molar-refractivity contribution in [1.82, 2.24) is 0 Å². The number of hydrogen-bond acceptors (Lipinski definition) is 3. The summed E-state index contributed by atoms with van der Waals surface area (Å²) in [5, 5.41) is 0. The molecule has 1 aliphatic heterocycles. The Labute approximate surface area is 178 Å². The number of nitrogens with zero attached hydrogens (tertiary/aromatic N) is 1. The second-order valence-corrected chi connectivity index (χ2v) is 9.41. The average Bonchev–Trinajstić information content (AvgIpc) is 3.08. The van der Waals surface area contributed by atoms with E-state index in [1.165, 1.54) is 11.1 Å². The first-order valence-electron chi connectivity index (χ1n) is 10.8. The molecule has 2 aromatic rings. The van der Waals surface area contributed by atoms with Crippen molar-refractivity contribution in [1.29, 1.82) is 0 Å². The van der Waals surface area contributed by atoms with Crippen LogP contribution in [0, 0.1) is 17.3 Å². The largest absolute Gasteiger partial charge is 0.497 e. The third kappa shape index (κ3) is 2.89. The molecular formula is C26H29NO3. The average molecular weight is 404 g/mol. The van der Waals surface area contributed by atoms with Gasteiger partial charge in [0.2, 0.25) is 0 Å². The number of benzene rings is 2. The summed E-state index contributed by atoms with van der Waals surface area (Å²) in [4.78, 5) is 15.2. The summed E-state index contributed by atoms with van der Waals surface area (Å²) in [6.45, 7) is 7.40. The number of carbonyl (C=O) groups excluding carboxylic acids is 1. The lowest BCUT2D eigenvalue weighted by molar-refractivity contribution is -0.142. The Morgan fingerprint density at radius 3 is 2.40 bits per heavy atom. The molecule has 1 saturated carbocycles. The molecule has 5 rings (SSSR count). The minimum absolute atomic E-state index is 0.0219. The van der Waals surface area contributed by atoms with E-state index in [9.17, 15) is 4.79 Å². The van der Waals surface area contributed by atoms with Gasteiger partial charge in [-0.3, -0.25) is 9.69 Å². The lowest BCUT2D eigenvalue weighted by atomic mass is 9.82. The molecule has 0 aromatic heterocycles. The normalized spacial score (nSPS) is 28.9. The Morgan fingerprint density at radius 1 is 1.07 bits per heavy atom. The highest BCUT2D eigenvalue weighted by Crippen LogP contribution is 2.70. The standard InChI is InChI=1S/C26H29NO3/c1-16-14-20-22(26(20,2)3)21(16)23-24(30-15-17-8-6-5-7-9-17)25(28)27(23)18-10-12-19(29-4)13-11-18/h5-13,20,22-24H,14-15H2,1-4H3/t20-,22-,23-,24+/m0/s1. The van der Waals surface area contributed by atoms with Crippen LogP contribution in [0.2, 0.25) is 0 Å². The van der Waals surface area contributed by atoms with Crippen LogP contribution in [0.4, 0.5) is 5.69 Å². The quantitative estimate of drug-likeness (QED) is 0.504. The summed E-state index contributed by atoms with van der Waals surface area (Å²) in [6, 6.07) is 17.8. The molecule has 4 heteroatoms. The maximum absolute atomic E-state index is 13.2. The SMILES string of the molecule is COc1ccc(N2C(=O)[C@H](OCc3ccccc3)[C@@H]2C2=C(C)C[C@H]3[C@@H]2C3(C)C)cc1. The third-order valence-electron chi connectivity index (χ3n) is 7.39. The molecule has 4 atom stereocenters. The molecule has 2 aromatic carbocycles. The van der Waals surface area contributed by atoms with Crippen molar-refractivity contribution < 1.29 is 14.3 Å². The number of β-lactam (4-membered cyclic amide) rings is 1. The van der Waals surface area contributed by atoms with Gasteiger partial charge in [0.15, 0.2) is 6.10 Å². The summed E-state index contributed by atoms with van der Waals surface area (Å²) >= 11 is 0. The van der Waals surface area contributed by atoms with E-state index in [2.05, 4.69) is 20.8 Å². The molecule has 156 valence electrons. The number of carbonyl (C=O) groups is 1. The van der Waals surface area contributed by atoms with E-state index in [1.54, 1.807) is 7.11 Å². The van der Waals surface area contributed by atoms with E-state index in [1.807, 2.05) is 59.5 Å². The zero-order valence-electron chi connectivity index (χ0n) is 18.1. The van der Waals surface area contributed by atoms with E-state index < -0.39 is 6.10 Å². The first-order chi connectivity index (χ1) is 14.4. The fourth-order valence-electron chi connectivity index (χ4n) is 5.61. The third-order valence-corrected chi connectivity index (χ3v) is 7.39. The highest BCUT2D eigenvalue weighted by molar-refractivity contribution is 6.06. The second-order valence-electron chi connectivity index (χ2n) is 9.41. The fourth-order valence-corrected chi connectivity index (χ4v) is 5.61. The zero-order valence-corrected chi connectivity index (χ0v) is 18.1. The molecular weight excluding hydrogens is 374 g/mol. The Bertz CT molecular complexity index is 993. The van der Waals surface area contributed by atoms with Gasteiger partial charge < -0.3 is 9.47 Å². The lowest BCUT2D eigenvalue weighted by Crippen LogP contribution is -2.67. The van der Waals surface area contributed by atoms with Crippen molar-refractivity contribution in [3.8, 4) is 5.75 Å². The van der Waals surface area contributed by atoms with Crippen molar-refractivity contribution in [2.24, 2.45) is 17.3 Å². The van der Waals surface area contributed by atoms with Gasteiger partial charge in [0, 0.05) is 5.69 Å². The summed E-state index contributed by atoms with van der Waals surface area (Å²) in [5.74, 6) is 2.10. The van der Waals surface area contributed by atoms with Gasteiger partial charge in [-0.2, -0.15) is 0 Å². The summed E-state index contributed by atoms with van der Waals surface area (Å²) in [6.07, 6.45) is 0.715. The van der Waals surface area contributed by atoms with E-state index in [4.69, 9.17) is 9.47 Å². The van der Waals surface area contributed by atoms with E-state index in [-0.39, 0.29) is 11.9 Å². The molecule has 4 nitrogen and oxygen atoms in total. The fraction of sp³-hybridized carbons (Fsp3) is 0.423. The van der Waals surface area contributed by atoms with Crippen molar-refractivity contribution in [2.75, 3.05) is 12.0 Å². The number of allylic oxidation sites excluding steroid dienone is 1. The van der Waals surface area contributed by atoms with E-state index in [0.717, 1.165) is 23.4 Å². The van der Waals surface area contributed by atoms with Crippen molar-refractivity contribution in [3.05, 3.63) is 71.3 Å². The molecule has 0 spiro atoms. The molecule has 2 aliphatic carbocycles. The summed E-state index contributed by atoms with van der Waals surface area (Å²) < 4.78 is 11.5. The summed E-state index contributed by atoms with van der Waals surface area (Å²) in [5.41, 5.74) is 5.19. The Balaban J connectivity index is 1.45. The number of ether oxygens (including phenoxy) is 2. The monoisotopic (exact) mass is 403 g/mol. The van der Waals surface area contributed by atoms with Gasteiger partial charge in [-0.1, -0.05) is 49.8 Å². The minimum atomic E-state index is -0.424. The molecule has 1 saturated heterocycles. The molecule has 1 amide bonds. The topological polar surface area (TPSA) is 38.8 Å².